The first-order valence-electron chi connectivity index (χ1n) is 4.72. The molecule has 0 fully saturated rings. The summed E-state index contributed by atoms with van der Waals surface area (Å²) in [5.41, 5.74) is 4.74. The fourth-order valence-electron chi connectivity index (χ4n) is 1.46. The standard InChI is InChI=1S/C11H12N2OS/c1-8-4-2-5-9(11(8)15)13-7-3-6-10(14)12-13/h2-5,7,15H,6H2,1H3,(H,12,14). The van der Waals surface area contributed by atoms with Gasteiger partial charge in [0.1, 0.15) is 0 Å². The zero-order valence-electron chi connectivity index (χ0n) is 8.40. The van der Waals surface area contributed by atoms with Gasteiger partial charge in [-0.05, 0) is 18.6 Å². The summed E-state index contributed by atoms with van der Waals surface area (Å²) in [6.45, 7) is 1.99. The molecule has 1 aromatic carbocycles. The number of thiol groups is 1. The topological polar surface area (TPSA) is 32.3 Å². The molecule has 3 nitrogen and oxygen atoms in total. The van der Waals surface area contributed by atoms with E-state index in [0.717, 1.165) is 16.1 Å². The molecule has 4 heteroatoms. The van der Waals surface area contributed by atoms with Gasteiger partial charge in [0, 0.05) is 17.5 Å². The molecule has 15 heavy (non-hydrogen) atoms. The Labute approximate surface area is 94.2 Å². The summed E-state index contributed by atoms with van der Waals surface area (Å²) in [5, 5.41) is 1.70. The molecule has 78 valence electrons. The van der Waals surface area contributed by atoms with Crippen LogP contribution >= 0.6 is 12.6 Å². The van der Waals surface area contributed by atoms with Gasteiger partial charge in [-0.3, -0.25) is 15.2 Å². The number of hydrogen-bond donors (Lipinski definition) is 2. The van der Waals surface area contributed by atoms with Crippen LogP contribution in [0.4, 0.5) is 5.69 Å². The van der Waals surface area contributed by atoms with Gasteiger partial charge in [-0.15, -0.1) is 12.6 Å². The Morgan fingerprint density at radius 1 is 1.47 bits per heavy atom. The van der Waals surface area contributed by atoms with Crippen LogP contribution in [0.1, 0.15) is 12.0 Å². The third-order valence-corrected chi connectivity index (χ3v) is 2.86. The maximum absolute atomic E-state index is 11.2. The molecule has 2 rings (SSSR count). The van der Waals surface area contributed by atoms with E-state index in [1.54, 1.807) is 5.01 Å². The maximum Gasteiger partial charge on any atom is 0.242 e. The van der Waals surface area contributed by atoms with Crippen LogP contribution in [0.15, 0.2) is 35.4 Å². The van der Waals surface area contributed by atoms with Crippen molar-refractivity contribution in [2.24, 2.45) is 0 Å². The number of benzene rings is 1. The van der Waals surface area contributed by atoms with Gasteiger partial charge in [-0.25, -0.2) is 0 Å². The zero-order valence-corrected chi connectivity index (χ0v) is 9.29. The van der Waals surface area contributed by atoms with E-state index in [4.69, 9.17) is 0 Å². The van der Waals surface area contributed by atoms with Gasteiger partial charge >= 0.3 is 0 Å². The molecule has 0 aromatic heterocycles. The van der Waals surface area contributed by atoms with Crippen LogP contribution in [0.5, 0.6) is 0 Å². The van der Waals surface area contributed by atoms with Crippen molar-refractivity contribution in [2.45, 2.75) is 18.2 Å². The Balaban J connectivity index is 2.37. The lowest BCUT2D eigenvalue weighted by atomic mass is 10.2. The first kappa shape index (κ1) is 10.1. The van der Waals surface area contributed by atoms with Crippen molar-refractivity contribution in [1.29, 1.82) is 0 Å². The molecule has 0 unspecified atom stereocenters. The quantitative estimate of drug-likeness (QED) is 0.710. The summed E-state index contributed by atoms with van der Waals surface area (Å²) in [4.78, 5) is 12.1. The Hall–Kier alpha value is -1.42. The number of amides is 1. The zero-order chi connectivity index (χ0) is 10.8. The highest BCUT2D eigenvalue weighted by molar-refractivity contribution is 7.80. The van der Waals surface area contributed by atoms with E-state index in [-0.39, 0.29) is 5.91 Å². The Morgan fingerprint density at radius 3 is 3.00 bits per heavy atom. The SMILES string of the molecule is Cc1cccc(N2C=CCC(=O)N2)c1S. The minimum absolute atomic E-state index is 0.00765. The fourth-order valence-corrected chi connectivity index (χ4v) is 1.72. The highest BCUT2D eigenvalue weighted by Crippen LogP contribution is 2.27. The second-order valence-corrected chi connectivity index (χ2v) is 3.88. The molecule has 0 bridgehead atoms. The molecule has 0 aliphatic carbocycles. The molecule has 1 aliphatic heterocycles. The third kappa shape index (κ3) is 1.99. The maximum atomic E-state index is 11.2. The van der Waals surface area contributed by atoms with Gasteiger partial charge in [0.15, 0.2) is 0 Å². The normalized spacial score (nSPS) is 15.3. The Kier molecular flexibility index (Phi) is 2.68. The van der Waals surface area contributed by atoms with E-state index in [1.165, 1.54) is 0 Å². The van der Waals surface area contributed by atoms with Crippen LogP contribution in [0.25, 0.3) is 0 Å². The van der Waals surface area contributed by atoms with E-state index >= 15 is 0 Å². The van der Waals surface area contributed by atoms with Crippen molar-refractivity contribution in [3.63, 3.8) is 0 Å². The number of carbonyl (C=O) groups is 1. The van der Waals surface area contributed by atoms with Crippen molar-refractivity contribution < 1.29 is 4.79 Å². The van der Waals surface area contributed by atoms with Gasteiger partial charge in [-0.2, -0.15) is 0 Å². The summed E-state index contributed by atoms with van der Waals surface area (Å²) in [7, 11) is 0. The fraction of sp³-hybridized carbons (Fsp3) is 0.182. The molecule has 0 saturated heterocycles. The van der Waals surface area contributed by atoms with E-state index in [9.17, 15) is 4.79 Å². The predicted molar refractivity (Wildman–Crippen MR) is 62.8 cm³/mol. The van der Waals surface area contributed by atoms with Gasteiger partial charge in [-0.1, -0.05) is 18.2 Å². The summed E-state index contributed by atoms with van der Waals surface area (Å²) in [6.07, 6.45) is 4.11. The van der Waals surface area contributed by atoms with Crippen LogP contribution < -0.4 is 10.4 Å². The second kappa shape index (κ2) is 3.98. The predicted octanol–water partition coefficient (Wildman–Crippen LogP) is 2.04. The number of nitrogens with one attached hydrogen (secondary N) is 1. The number of carbonyl (C=O) groups excluding carboxylic acids is 1. The number of nitrogens with zero attached hydrogens (tertiary/aromatic N) is 1. The molecule has 0 saturated carbocycles. The summed E-state index contributed by atoms with van der Waals surface area (Å²) < 4.78 is 0. The number of rotatable bonds is 1. The lowest BCUT2D eigenvalue weighted by Gasteiger charge is -2.25. The van der Waals surface area contributed by atoms with Crippen molar-refractivity contribution in [3.8, 4) is 0 Å². The van der Waals surface area contributed by atoms with Crippen molar-refractivity contribution in [1.82, 2.24) is 5.43 Å². The highest BCUT2D eigenvalue weighted by atomic mass is 32.1. The van der Waals surface area contributed by atoms with E-state index < -0.39 is 0 Å². The van der Waals surface area contributed by atoms with Crippen molar-refractivity contribution >= 4 is 24.2 Å². The Bertz CT molecular complexity index is 429. The minimum atomic E-state index is -0.00765. The molecule has 1 aromatic rings. The number of hydrazine groups is 1. The molecule has 1 amide bonds. The average Bonchev–Trinajstić information content (AvgIpc) is 2.22. The van der Waals surface area contributed by atoms with Crippen LogP contribution in [-0.2, 0) is 4.79 Å². The van der Waals surface area contributed by atoms with Gasteiger partial charge in [0.05, 0.1) is 5.69 Å². The van der Waals surface area contributed by atoms with E-state index in [0.29, 0.717) is 6.42 Å². The largest absolute Gasteiger partial charge is 0.273 e. The summed E-state index contributed by atoms with van der Waals surface area (Å²) in [6, 6.07) is 5.85. The van der Waals surface area contributed by atoms with Crippen molar-refractivity contribution in [2.75, 3.05) is 5.01 Å². The lowest BCUT2D eigenvalue weighted by Crippen LogP contribution is -2.41. The first-order chi connectivity index (χ1) is 7.18. The third-order valence-electron chi connectivity index (χ3n) is 2.28. The van der Waals surface area contributed by atoms with Gasteiger partial charge in [0.2, 0.25) is 5.91 Å². The molecule has 1 heterocycles. The number of anilines is 1. The average molecular weight is 220 g/mol. The first-order valence-corrected chi connectivity index (χ1v) is 5.17. The van der Waals surface area contributed by atoms with Gasteiger partial charge < -0.3 is 0 Å². The summed E-state index contributed by atoms with van der Waals surface area (Å²) in [5.74, 6) is -0.00765. The summed E-state index contributed by atoms with van der Waals surface area (Å²) >= 11 is 4.42. The van der Waals surface area contributed by atoms with Crippen LogP contribution in [0.2, 0.25) is 0 Å². The number of aryl methyl sites for hydroxylation is 1. The molecule has 0 radical (unpaired) electrons. The number of hydrogen-bond acceptors (Lipinski definition) is 3. The van der Waals surface area contributed by atoms with Crippen molar-refractivity contribution in [3.05, 3.63) is 36.0 Å². The molecule has 0 spiro atoms. The van der Waals surface area contributed by atoms with Crippen LogP contribution in [-0.4, -0.2) is 5.91 Å². The second-order valence-electron chi connectivity index (χ2n) is 3.44. The Morgan fingerprint density at radius 2 is 2.27 bits per heavy atom. The van der Waals surface area contributed by atoms with Crippen LogP contribution in [0, 0.1) is 6.92 Å². The van der Waals surface area contributed by atoms with E-state index in [1.807, 2.05) is 37.4 Å². The van der Waals surface area contributed by atoms with E-state index in [2.05, 4.69) is 18.1 Å². The molecule has 1 N–H and O–H groups in total. The molecule has 0 atom stereocenters. The smallest absolute Gasteiger partial charge is 0.242 e. The monoisotopic (exact) mass is 220 g/mol. The molecular weight excluding hydrogens is 208 g/mol. The lowest BCUT2D eigenvalue weighted by molar-refractivity contribution is -0.120. The minimum Gasteiger partial charge on any atom is -0.273 e. The van der Waals surface area contributed by atoms with Gasteiger partial charge in [0.25, 0.3) is 0 Å². The highest BCUT2D eigenvalue weighted by Gasteiger charge is 2.13. The van der Waals surface area contributed by atoms with Crippen LogP contribution in [0.3, 0.4) is 0 Å². The molecule has 1 aliphatic rings. The molecular formula is C11H12N2OS.